The maximum atomic E-state index is 0. The van der Waals surface area contributed by atoms with Gasteiger partial charge in [0, 0.05) is 17.1 Å². The molecule has 0 fully saturated rings. The van der Waals surface area contributed by atoms with Gasteiger partial charge in [-0.2, -0.15) is 0 Å². The molecular formula is H9FFeO4. The number of hydrogen-bond donors (Lipinski definition) is 0. The molecular weight excluding hydrogens is 139 g/mol. The molecule has 0 amide bonds. The first-order valence-corrected chi connectivity index (χ1v) is 0. The molecule has 0 unspecified atom stereocenters. The Morgan fingerprint density at radius 1 is 0.500 bits per heavy atom. The Hall–Kier alpha value is 0.289. The molecule has 0 aromatic rings. The van der Waals surface area contributed by atoms with Crippen molar-refractivity contribution in [3.05, 3.63) is 0 Å². The Morgan fingerprint density at radius 2 is 0.500 bits per heavy atom. The van der Waals surface area contributed by atoms with Crippen molar-refractivity contribution in [1.82, 2.24) is 0 Å². The summed E-state index contributed by atoms with van der Waals surface area (Å²) in [7, 11) is 0. The third kappa shape index (κ3) is 554. The van der Waals surface area contributed by atoms with Crippen molar-refractivity contribution >= 4 is 0 Å². The van der Waals surface area contributed by atoms with Crippen LogP contribution in [0.4, 0.5) is 4.70 Å². The van der Waals surface area contributed by atoms with Gasteiger partial charge >= 0.3 is 0 Å². The second-order valence-electron chi connectivity index (χ2n) is 0. The van der Waals surface area contributed by atoms with Crippen molar-refractivity contribution in [2.45, 2.75) is 0 Å². The molecule has 4 nitrogen and oxygen atoms in total. The van der Waals surface area contributed by atoms with Crippen molar-refractivity contribution in [1.29, 1.82) is 0 Å². The third-order valence-electron chi connectivity index (χ3n) is 0. The molecule has 0 heterocycles. The van der Waals surface area contributed by atoms with Gasteiger partial charge in [-0.15, -0.1) is 0 Å². The third-order valence-corrected chi connectivity index (χ3v) is 0. The summed E-state index contributed by atoms with van der Waals surface area (Å²) in [5.41, 5.74) is 0. The smallest absolute Gasteiger partial charge is 0 e. The van der Waals surface area contributed by atoms with E-state index in [0.29, 0.717) is 0 Å². The van der Waals surface area contributed by atoms with E-state index in [-0.39, 0.29) is 43.7 Å². The fourth-order valence-corrected chi connectivity index (χ4v) is 0. The zero-order chi connectivity index (χ0) is 0. The molecule has 48 valence electrons. The van der Waals surface area contributed by atoms with Crippen LogP contribution in [0.3, 0.4) is 0 Å². The minimum atomic E-state index is 0. The summed E-state index contributed by atoms with van der Waals surface area (Å²) in [5.74, 6) is 0. The van der Waals surface area contributed by atoms with Crippen molar-refractivity contribution in [3.8, 4) is 0 Å². The number of halogens is 1. The molecule has 0 atom stereocenters. The van der Waals surface area contributed by atoms with Gasteiger partial charge in [-0.1, -0.05) is 0 Å². The molecule has 6 heteroatoms. The van der Waals surface area contributed by atoms with Crippen LogP contribution in [-0.2, 0) is 17.1 Å². The van der Waals surface area contributed by atoms with Crippen LogP contribution >= 0.6 is 0 Å². The van der Waals surface area contributed by atoms with Gasteiger partial charge in [0.2, 0.25) is 0 Å². The minimum Gasteiger partial charge on any atom is -0.412 e. The Labute approximate surface area is 44.6 Å². The van der Waals surface area contributed by atoms with E-state index < -0.39 is 0 Å². The van der Waals surface area contributed by atoms with Gasteiger partial charge in [0.1, 0.15) is 0 Å². The molecule has 0 rings (SSSR count). The fraction of sp³-hybridized carbons (Fsp3) is 0. The summed E-state index contributed by atoms with van der Waals surface area (Å²) in [6, 6.07) is 0. The Bertz CT molecular complexity index is 7.51. The van der Waals surface area contributed by atoms with Crippen LogP contribution in [0.5, 0.6) is 0 Å². The predicted octanol–water partition coefficient (Wildman–Crippen LogP) is -3.15. The molecule has 0 aromatic carbocycles. The maximum Gasteiger partial charge on any atom is 0 e. The summed E-state index contributed by atoms with van der Waals surface area (Å²) >= 11 is 0. The largest absolute Gasteiger partial charge is 0.412 e. The zero-order valence-electron chi connectivity index (χ0n) is 2.76. The Balaban J connectivity index is 0. The second kappa shape index (κ2) is 1160. The van der Waals surface area contributed by atoms with Crippen LogP contribution in [0.15, 0.2) is 0 Å². The molecule has 0 saturated heterocycles. The normalized spacial score (nSPS) is 0. The van der Waals surface area contributed by atoms with E-state index in [2.05, 4.69) is 0 Å². The molecule has 0 spiro atoms. The van der Waals surface area contributed by atoms with Crippen LogP contribution < -0.4 is 0 Å². The van der Waals surface area contributed by atoms with Crippen molar-refractivity contribution in [3.63, 3.8) is 0 Å². The summed E-state index contributed by atoms with van der Waals surface area (Å²) < 4.78 is 0. The van der Waals surface area contributed by atoms with Crippen LogP contribution in [0.2, 0.25) is 0 Å². The van der Waals surface area contributed by atoms with Crippen LogP contribution in [0.25, 0.3) is 0 Å². The van der Waals surface area contributed by atoms with E-state index >= 15 is 0 Å². The SMILES string of the molecule is F.O.O.O.O.[Fe]. The summed E-state index contributed by atoms with van der Waals surface area (Å²) in [6.45, 7) is 0. The quantitative estimate of drug-likeness (QED) is 0.321. The van der Waals surface area contributed by atoms with Gasteiger partial charge < -0.3 is 21.9 Å². The number of rotatable bonds is 0. The first-order valence-electron chi connectivity index (χ1n) is 0. The first-order chi connectivity index (χ1) is 0. The molecule has 0 aliphatic heterocycles. The topological polar surface area (TPSA) is 126 Å². The average Bonchev–Trinajstić information content (AvgIpc) is 0. The standard InChI is InChI=1S/FH.Fe.4H2O/h1H;;4*1H2. The van der Waals surface area contributed by atoms with Gasteiger partial charge in [0.05, 0.1) is 0 Å². The molecule has 0 radical (unpaired) electrons. The summed E-state index contributed by atoms with van der Waals surface area (Å²) in [5, 5.41) is 0. The van der Waals surface area contributed by atoms with E-state index in [1.54, 1.807) is 0 Å². The molecule has 0 bridgehead atoms. The Kier molecular flexibility index (Phi) is 406000. The van der Waals surface area contributed by atoms with Crippen molar-refractivity contribution in [2.75, 3.05) is 0 Å². The maximum absolute atomic E-state index is 0. The van der Waals surface area contributed by atoms with Gasteiger partial charge in [0.15, 0.2) is 0 Å². The van der Waals surface area contributed by atoms with E-state index in [0.717, 1.165) is 0 Å². The van der Waals surface area contributed by atoms with Crippen LogP contribution in [0, 0.1) is 0 Å². The van der Waals surface area contributed by atoms with E-state index in [1.165, 1.54) is 0 Å². The number of hydrogen-bond acceptors (Lipinski definition) is 0. The monoisotopic (exact) mass is 148 g/mol. The predicted molar refractivity (Wildman–Crippen MR) is 17.0 cm³/mol. The average molecular weight is 148 g/mol. The van der Waals surface area contributed by atoms with Gasteiger partial charge in [0.25, 0.3) is 0 Å². The van der Waals surface area contributed by atoms with Crippen LogP contribution in [0.1, 0.15) is 0 Å². The van der Waals surface area contributed by atoms with E-state index in [1.807, 2.05) is 0 Å². The second-order valence-corrected chi connectivity index (χ2v) is 0. The van der Waals surface area contributed by atoms with E-state index in [9.17, 15) is 0 Å². The molecule has 6 heavy (non-hydrogen) atoms. The first kappa shape index (κ1) is 2100. The molecule has 0 aromatic heterocycles. The zero-order valence-corrected chi connectivity index (χ0v) is 3.87. The molecule has 0 aliphatic rings. The molecule has 0 aliphatic carbocycles. The van der Waals surface area contributed by atoms with Gasteiger partial charge in [-0.3, -0.25) is 4.70 Å². The molecule has 8 N–H and O–H groups in total. The Morgan fingerprint density at radius 3 is 0.500 bits per heavy atom. The summed E-state index contributed by atoms with van der Waals surface area (Å²) in [4.78, 5) is 0. The van der Waals surface area contributed by atoms with E-state index in [4.69, 9.17) is 0 Å². The van der Waals surface area contributed by atoms with Gasteiger partial charge in [-0.05, 0) is 0 Å². The van der Waals surface area contributed by atoms with Crippen molar-refractivity contribution < 1.29 is 43.7 Å². The fourth-order valence-electron chi connectivity index (χ4n) is 0. The minimum absolute atomic E-state index is 0. The van der Waals surface area contributed by atoms with Gasteiger partial charge in [-0.25, -0.2) is 0 Å². The van der Waals surface area contributed by atoms with Crippen molar-refractivity contribution in [2.24, 2.45) is 0 Å². The van der Waals surface area contributed by atoms with Crippen LogP contribution in [-0.4, -0.2) is 21.9 Å². The summed E-state index contributed by atoms with van der Waals surface area (Å²) in [6.07, 6.45) is 0. The molecule has 0 saturated carbocycles.